The van der Waals surface area contributed by atoms with Gasteiger partial charge in [0, 0.05) is 31.0 Å². The van der Waals surface area contributed by atoms with Gasteiger partial charge >= 0.3 is 0 Å². The van der Waals surface area contributed by atoms with Crippen molar-refractivity contribution >= 4 is 26.1 Å². The van der Waals surface area contributed by atoms with Crippen LogP contribution in [0.25, 0.3) is 0 Å². The molecule has 0 spiro atoms. The zero-order chi connectivity index (χ0) is 13.2. The van der Waals surface area contributed by atoms with Crippen molar-refractivity contribution in [2.75, 3.05) is 25.0 Å². The van der Waals surface area contributed by atoms with Crippen LogP contribution in [0, 0.1) is 5.92 Å². The highest BCUT2D eigenvalue weighted by molar-refractivity contribution is 9.09. The van der Waals surface area contributed by atoms with Crippen molar-refractivity contribution in [1.82, 2.24) is 8.61 Å². The SMILES string of the molecule is CC1CCN(S(=O)(=O)N2CCCCCC2)C1CBr. The summed E-state index contributed by atoms with van der Waals surface area (Å²) in [7, 11) is -3.24. The molecule has 0 saturated carbocycles. The summed E-state index contributed by atoms with van der Waals surface area (Å²) in [6, 6.07) is 0.123. The quantitative estimate of drug-likeness (QED) is 0.740. The summed E-state index contributed by atoms with van der Waals surface area (Å²) >= 11 is 3.46. The Morgan fingerprint density at radius 3 is 2.28 bits per heavy atom. The highest BCUT2D eigenvalue weighted by Gasteiger charge is 2.40. The van der Waals surface area contributed by atoms with Gasteiger partial charge in [-0.3, -0.25) is 0 Å². The lowest BCUT2D eigenvalue weighted by molar-refractivity contribution is 0.324. The molecular weight excluding hydrogens is 316 g/mol. The molecule has 6 heteroatoms. The van der Waals surface area contributed by atoms with E-state index in [1.807, 2.05) is 0 Å². The van der Waals surface area contributed by atoms with E-state index in [4.69, 9.17) is 0 Å². The van der Waals surface area contributed by atoms with Crippen LogP contribution in [-0.4, -0.2) is 48.0 Å². The summed E-state index contributed by atoms with van der Waals surface area (Å²) < 4.78 is 28.8. The minimum atomic E-state index is -3.24. The van der Waals surface area contributed by atoms with Gasteiger partial charge in [0.15, 0.2) is 0 Å². The van der Waals surface area contributed by atoms with Gasteiger partial charge in [0.1, 0.15) is 0 Å². The van der Waals surface area contributed by atoms with E-state index in [9.17, 15) is 8.42 Å². The minimum Gasteiger partial charge on any atom is -0.195 e. The summed E-state index contributed by atoms with van der Waals surface area (Å²) in [4.78, 5) is 0. The van der Waals surface area contributed by atoms with Gasteiger partial charge in [-0.2, -0.15) is 17.0 Å². The molecule has 0 bridgehead atoms. The molecule has 106 valence electrons. The van der Waals surface area contributed by atoms with Crippen LogP contribution in [-0.2, 0) is 10.2 Å². The van der Waals surface area contributed by atoms with Crippen LogP contribution in [0.15, 0.2) is 0 Å². The smallest absolute Gasteiger partial charge is 0.195 e. The van der Waals surface area contributed by atoms with Crippen LogP contribution in [0.5, 0.6) is 0 Å². The van der Waals surface area contributed by atoms with Crippen molar-refractivity contribution in [3.8, 4) is 0 Å². The number of halogens is 1. The molecule has 0 amide bonds. The predicted molar refractivity (Wildman–Crippen MR) is 77.0 cm³/mol. The lowest BCUT2D eigenvalue weighted by Crippen LogP contribution is -2.47. The second kappa shape index (κ2) is 6.20. The molecule has 0 aromatic heterocycles. The average molecular weight is 339 g/mol. The largest absolute Gasteiger partial charge is 0.282 e. The van der Waals surface area contributed by atoms with E-state index in [2.05, 4.69) is 22.9 Å². The lowest BCUT2D eigenvalue weighted by atomic mass is 10.1. The van der Waals surface area contributed by atoms with Crippen molar-refractivity contribution in [2.45, 2.75) is 45.1 Å². The molecule has 18 heavy (non-hydrogen) atoms. The fraction of sp³-hybridized carbons (Fsp3) is 1.00. The Balaban J connectivity index is 2.14. The van der Waals surface area contributed by atoms with E-state index in [0.29, 0.717) is 25.6 Å². The molecule has 2 rings (SSSR count). The summed E-state index contributed by atoms with van der Waals surface area (Å²) in [6.45, 7) is 4.21. The molecule has 2 saturated heterocycles. The van der Waals surface area contributed by atoms with E-state index in [0.717, 1.165) is 37.4 Å². The summed E-state index contributed by atoms with van der Waals surface area (Å²) in [5.74, 6) is 0.450. The van der Waals surface area contributed by atoms with E-state index in [1.54, 1.807) is 8.61 Å². The molecule has 4 nitrogen and oxygen atoms in total. The van der Waals surface area contributed by atoms with Gasteiger partial charge in [0.05, 0.1) is 0 Å². The van der Waals surface area contributed by atoms with Gasteiger partial charge in [-0.05, 0) is 25.2 Å². The molecule has 0 aliphatic carbocycles. The Hall–Kier alpha value is 0.350. The molecule has 0 N–H and O–H groups in total. The van der Waals surface area contributed by atoms with E-state index >= 15 is 0 Å². The van der Waals surface area contributed by atoms with Crippen molar-refractivity contribution in [2.24, 2.45) is 5.92 Å². The van der Waals surface area contributed by atoms with Crippen molar-refractivity contribution in [3.05, 3.63) is 0 Å². The molecule has 2 heterocycles. The monoisotopic (exact) mass is 338 g/mol. The molecule has 0 aromatic carbocycles. The minimum absolute atomic E-state index is 0.123. The molecular formula is C12H23BrN2O2S. The first-order chi connectivity index (χ1) is 8.57. The second-order valence-electron chi connectivity index (χ2n) is 5.42. The van der Waals surface area contributed by atoms with Crippen LogP contribution in [0.4, 0.5) is 0 Å². The Bertz CT molecular complexity index is 366. The number of nitrogens with zero attached hydrogens (tertiary/aromatic N) is 2. The summed E-state index contributed by atoms with van der Waals surface area (Å²) in [5, 5.41) is 0.737. The van der Waals surface area contributed by atoms with Crippen LogP contribution in [0.3, 0.4) is 0 Å². The van der Waals surface area contributed by atoms with Crippen LogP contribution in [0.1, 0.15) is 39.0 Å². The normalized spacial score (nSPS) is 32.6. The predicted octanol–water partition coefficient (Wildman–Crippen LogP) is 2.21. The third-order valence-electron chi connectivity index (χ3n) is 4.18. The molecule has 2 fully saturated rings. The highest BCUT2D eigenvalue weighted by atomic mass is 79.9. The average Bonchev–Trinajstić information content (AvgIpc) is 2.56. The van der Waals surface area contributed by atoms with Crippen molar-refractivity contribution < 1.29 is 8.42 Å². The fourth-order valence-corrected chi connectivity index (χ4v) is 6.07. The van der Waals surface area contributed by atoms with E-state index in [1.165, 1.54) is 0 Å². The molecule has 2 unspecified atom stereocenters. The summed E-state index contributed by atoms with van der Waals surface area (Å²) in [5.41, 5.74) is 0. The maximum absolute atomic E-state index is 12.7. The first kappa shape index (κ1) is 14.8. The first-order valence-corrected chi connectivity index (χ1v) is 9.42. The third kappa shape index (κ3) is 2.92. The standard InChI is InChI=1S/C12H23BrN2O2S/c1-11-6-9-15(12(11)10-13)18(16,17)14-7-4-2-3-5-8-14/h11-12H,2-10H2,1H3. The van der Waals surface area contributed by atoms with Gasteiger partial charge in [-0.1, -0.05) is 35.7 Å². The van der Waals surface area contributed by atoms with E-state index in [-0.39, 0.29) is 6.04 Å². The Morgan fingerprint density at radius 2 is 1.72 bits per heavy atom. The Kier molecular flexibility index (Phi) is 5.08. The molecule has 2 aliphatic heterocycles. The topological polar surface area (TPSA) is 40.6 Å². The van der Waals surface area contributed by atoms with Crippen molar-refractivity contribution in [3.63, 3.8) is 0 Å². The Morgan fingerprint density at radius 1 is 1.11 bits per heavy atom. The van der Waals surface area contributed by atoms with Gasteiger partial charge in [0.2, 0.25) is 0 Å². The zero-order valence-corrected chi connectivity index (χ0v) is 13.4. The number of alkyl halides is 1. The number of hydrogen-bond donors (Lipinski definition) is 0. The lowest BCUT2D eigenvalue weighted by Gasteiger charge is -2.30. The third-order valence-corrected chi connectivity index (χ3v) is 6.90. The van der Waals surface area contributed by atoms with Gasteiger partial charge < -0.3 is 0 Å². The maximum Gasteiger partial charge on any atom is 0.282 e. The van der Waals surface area contributed by atoms with Crippen LogP contribution in [0.2, 0.25) is 0 Å². The maximum atomic E-state index is 12.7. The second-order valence-corrected chi connectivity index (χ2v) is 7.95. The molecule has 2 atom stereocenters. The van der Waals surface area contributed by atoms with Crippen molar-refractivity contribution in [1.29, 1.82) is 0 Å². The molecule has 0 radical (unpaired) electrons. The van der Waals surface area contributed by atoms with Gasteiger partial charge in [-0.25, -0.2) is 0 Å². The zero-order valence-electron chi connectivity index (χ0n) is 11.0. The number of rotatable bonds is 3. The van der Waals surface area contributed by atoms with Crippen LogP contribution >= 0.6 is 15.9 Å². The van der Waals surface area contributed by atoms with Crippen LogP contribution < -0.4 is 0 Å². The van der Waals surface area contributed by atoms with Gasteiger partial charge in [0.25, 0.3) is 10.2 Å². The van der Waals surface area contributed by atoms with E-state index < -0.39 is 10.2 Å². The summed E-state index contributed by atoms with van der Waals surface area (Å²) in [6.07, 6.45) is 5.29. The Labute approximate surface area is 119 Å². The fourth-order valence-electron chi connectivity index (χ4n) is 2.91. The van der Waals surface area contributed by atoms with Gasteiger partial charge in [-0.15, -0.1) is 0 Å². The number of hydrogen-bond acceptors (Lipinski definition) is 2. The molecule has 0 aromatic rings. The molecule has 2 aliphatic rings. The highest BCUT2D eigenvalue weighted by Crippen LogP contribution is 2.30. The first-order valence-electron chi connectivity index (χ1n) is 6.90.